The second-order valence-corrected chi connectivity index (χ2v) is 6.24. The van der Waals surface area contributed by atoms with Crippen molar-refractivity contribution in [1.29, 1.82) is 0 Å². The highest BCUT2D eigenvalue weighted by molar-refractivity contribution is 5.96. The third kappa shape index (κ3) is 6.79. The van der Waals surface area contributed by atoms with Crippen LogP contribution in [0.2, 0.25) is 0 Å². The van der Waals surface area contributed by atoms with Gasteiger partial charge in [-0.05, 0) is 18.1 Å². The molecule has 4 N–H and O–H groups in total. The van der Waals surface area contributed by atoms with Gasteiger partial charge in [-0.15, -0.1) is 12.4 Å². The number of benzene rings is 2. The summed E-state index contributed by atoms with van der Waals surface area (Å²) < 4.78 is 32.1. The molecule has 0 aliphatic carbocycles. The van der Waals surface area contributed by atoms with Crippen molar-refractivity contribution in [2.24, 2.45) is 11.7 Å². The Hall–Kier alpha value is -2.71. The number of ether oxygens (including phenoxy) is 1. The maximum Gasteiger partial charge on any atom is 0.243 e. The molecule has 0 radical (unpaired) electrons. The molecule has 0 aromatic heterocycles. The van der Waals surface area contributed by atoms with Crippen molar-refractivity contribution in [2.45, 2.75) is 19.9 Å². The predicted octanol–water partition coefficient (Wildman–Crippen LogP) is 3.22. The van der Waals surface area contributed by atoms with Crippen molar-refractivity contribution < 1.29 is 23.1 Å². The molecule has 6 nitrogen and oxygen atoms in total. The number of carbonyl (C=O) groups excluding carboxylic acids is 2. The van der Waals surface area contributed by atoms with Gasteiger partial charge in [0.2, 0.25) is 11.8 Å². The lowest BCUT2D eigenvalue weighted by Crippen LogP contribution is -2.46. The summed E-state index contributed by atoms with van der Waals surface area (Å²) >= 11 is 0. The average Bonchev–Trinajstić information content (AvgIpc) is 2.59. The fraction of sp³-hybridized carbons (Fsp3) is 0.263. The van der Waals surface area contributed by atoms with Gasteiger partial charge in [-0.25, -0.2) is 8.78 Å². The molecule has 1 atom stereocenters. The Morgan fingerprint density at radius 3 is 2.32 bits per heavy atom. The lowest BCUT2D eigenvalue weighted by Gasteiger charge is -2.16. The summed E-state index contributed by atoms with van der Waals surface area (Å²) in [7, 11) is 0. The first-order valence-corrected chi connectivity index (χ1v) is 8.32. The monoisotopic (exact) mass is 413 g/mol. The van der Waals surface area contributed by atoms with Crippen LogP contribution in [0.5, 0.6) is 11.5 Å². The summed E-state index contributed by atoms with van der Waals surface area (Å²) in [5.41, 5.74) is 5.99. The van der Waals surface area contributed by atoms with Crippen LogP contribution in [0.4, 0.5) is 14.5 Å². The van der Waals surface area contributed by atoms with E-state index in [1.807, 2.05) is 0 Å². The Labute approximate surface area is 167 Å². The molecule has 0 aliphatic heterocycles. The van der Waals surface area contributed by atoms with Crippen LogP contribution < -0.4 is 21.1 Å². The fourth-order valence-corrected chi connectivity index (χ4v) is 2.16. The smallest absolute Gasteiger partial charge is 0.243 e. The van der Waals surface area contributed by atoms with E-state index in [4.69, 9.17) is 10.5 Å². The predicted molar refractivity (Wildman–Crippen MR) is 105 cm³/mol. The highest BCUT2D eigenvalue weighted by atomic mass is 35.5. The quantitative estimate of drug-likeness (QED) is 0.649. The number of anilines is 1. The average molecular weight is 414 g/mol. The fourth-order valence-electron chi connectivity index (χ4n) is 2.16. The first kappa shape index (κ1) is 23.3. The molecule has 0 saturated carbocycles. The third-order valence-corrected chi connectivity index (χ3v) is 3.67. The van der Waals surface area contributed by atoms with Gasteiger partial charge in [0, 0.05) is 18.2 Å². The molecule has 0 aliphatic rings. The summed E-state index contributed by atoms with van der Waals surface area (Å²) in [6.45, 7) is 3.32. The van der Waals surface area contributed by atoms with Crippen LogP contribution in [0.15, 0.2) is 42.5 Å². The second-order valence-electron chi connectivity index (χ2n) is 6.24. The summed E-state index contributed by atoms with van der Waals surface area (Å²) in [5, 5.41) is 5.03. The van der Waals surface area contributed by atoms with Crippen LogP contribution in [0, 0.1) is 17.6 Å². The molecule has 0 spiro atoms. The number of nitrogens with two attached hydrogens (primary N) is 1. The van der Waals surface area contributed by atoms with Crippen LogP contribution in [0.25, 0.3) is 0 Å². The van der Waals surface area contributed by atoms with Gasteiger partial charge in [0.05, 0.1) is 18.3 Å². The second kappa shape index (κ2) is 10.6. The Morgan fingerprint density at radius 1 is 1.11 bits per heavy atom. The Bertz CT molecular complexity index is 814. The van der Waals surface area contributed by atoms with Gasteiger partial charge in [-0.2, -0.15) is 0 Å². The van der Waals surface area contributed by atoms with Crippen molar-refractivity contribution >= 4 is 29.9 Å². The first-order valence-electron chi connectivity index (χ1n) is 8.32. The van der Waals surface area contributed by atoms with Gasteiger partial charge in [0.1, 0.15) is 17.4 Å². The van der Waals surface area contributed by atoms with Crippen LogP contribution in [0.1, 0.15) is 13.8 Å². The number of amides is 2. The normalized spacial score (nSPS) is 11.4. The zero-order valence-corrected chi connectivity index (χ0v) is 16.2. The number of nitrogens with one attached hydrogen (secondary N) is 2. The van der Waals surface area contributed by atoms with E-state index < -0.39 is 29.5 Å². The standard InChI is InChI=1S/C19H21F2N3O3.ClH/c1-11(2)18(22)19(26)23-10-17(25)24-15-5-3-4-6-16(15)27-14-8-12(20)7-13(21)9-14;/h3-9,11,18H,10,22H2,1-2H3,(H,23,26)(H,24,25);1H/t18-;/m0./s1. The minimum atomic E-state index is -0.782. The van der Waals surface area contributed by atoms with E-state index >= 15 is 0 Å². The van der Waals surface area contributed by atoms with Gasteiger partial charge in [0.15, 0.2) is 5.75 Å². The molecule has 28 heavy (non-hydrogen) atoms. The van der Waals surface area contributed by atoms with E-state index in [-0.39, 0.29) is 42.1 Å². The zero-order valence-electron chi connectivity index (χ0n) is 15.4. The molecule has 2 aromatic rings. The molecule has 0 bridgehead atoms. The largest absolute Gasteiger partial charge is 0.455 e. The lowest BCUT2D eigenvalue weighted by atomic mass is 10.1. The van der Waals surface area contributed by atoms with Crippen molar-refractivity contribution in [2.75, 3.05) is 11.9 Å². The third-order valence-electron chi connectivity index (χ3n) is 3.67. The molecule has 0 saturated heterocycles. The van der Waals surface area contributed by atoms with Crippen LogP contribution in [-0.2, 0) is 9.59 Å². The summed E-state index contributed by atoms with van der Waals surface area (Å²) in [5.74, 6) is -2.41. The molecule has 0 fully saturated rings. The maximum atomic E-state index is 13.3. The summed E-state index contributed by atoms with van der Waals surface area (Å²) in [6, 6.07) is 8.45. The summed E-state index contributed by atoms with van der Waals surface area (Å²) in [4.78, 5) is 23.9. The van der Waals surface area contributed by atoms with Gasteiger partial charge in [-0.1, -0.05) is 26.0 Å². The number of hydrogen-bond acceptors (Lipinski definition) is 4. The Balaban J connectivity index is 0.00000392. The molecule has 152 valence electrons. The van der Waals surface area contributed by atoms with E-state index in [0.29, 0.717) is 0 Å². The van der Waals surface area contributed by atoms with Gasteiger partial charge >= 0.3 is 0 Å². The molecule has 9 heteroatoms. The number of carbonyl (C=O) groups is 2. The van der Waals surface area contributed by atoms with Gasteiger partial charge in [0.25, 0.3) is 0 Å². The van der Waals surface area contributed by atoms with Gasteiger partial charge in [-0.3, -0.25) is 9.59 Å². The maximum absolute atomic E-state index is 13.3. The number of rotatable bonds is 7. The number of halogens is 3. The van der Waals surface area contributed by atoms with E-state index in [9.17, 15) is 18.4 Å². The SMILES string of the molecule is CC(C)[C@H](N)C(=O)NCC(=O)Nc1ccccc1Oc1cc(F)cc(F)c1.Cl. The van der Waals surface area contributed by atoms with Crippen LogP contribution in [0.3, 0.4) is 0 Å². The van der Waals surface area contributed by atoms with Crippen molar-refractivity contribution in [1.82, 2.24) is 5.32 Å². The number of para-hydroxylation sites is 2. The van der Waals surface area contributed by atoms with Crippen molar-refractivity contribution in [3.63, 3.8) is 0 Å². The van der Waals surface area contributed by atoms with E-state index in [2.05, 4.69) is 10.6 Å². The molecular formula is C19H22ClF2N3O3. The minimum absolute atomic E-state index is 0. The van der Waals surface area contributed by atoms with Crippen molar-refractivity contribution in [3.8, 4) is 11.5 Å². The molecular weight excluding hydrogens is 392 g/mol. The molecule has 0 unspecified atom stereocenters. The minimum Gasteiger partial charge on any atom is -0.455 e. The molecule has 0 heterocycles. The molecule has 2 rings (SSSR count). The first-order chi connectivity index (χ1) is 12.8. The highest BCUT2D eigenvalue weighted by Gasteiger charge is 2.18. The van der Waals surface area contributed by atoms with Gasteiger partial charge < -0.3 is 21.1 Å². The Kier molecular flexibility index (Phi) is 8.81. The number of hydrogen-bond donors (Lipinski definition) is 3. The van der Waals surface area contributed by atoms with E-state index in [1.54, 1.807) is 32.0 Å². The van der Waals surface area contributed by atoms with E-state index in [0.717, 1.165) is 18.2 Å². The van der Waals surface area contributed by atoms with Crippen LogP contribution >= 0.6 is 12.4 Å². The molecule has 2 amide bonds. The Morgan fingerprint density at radius 2 is 1.71 bits per heavy atom. The van der Waals surface area contributed by atoms with Crippen LogP contribution in [-0.4, -0.2) is 24.4 Å². The summed E-state index contributed by atoms with van der Waals surface area (Å²) in [6.07, 6.45) is 0. The lowest BCUT2D eigenvalue weighted by molar-refractivity contribution is -0.125. The van der Waals surface area contributed by atoms with Crippen molar-refractivity contribution in [3.05, 3.63) is 54.1 Å². The van der Waals surface area contributed by atoms with E-state index in [1.165, 1.54) is 6.07 Å². The highest BCUT2D eigenvalue weighted by Crippen LogP contribution is 2.30. The molecule has 2 aromatic carbocycles. The topological polar surface area (TPSA) is 93.5 Å². The zero-order chi connectivity index (χ0) is 20.0.